The maximum atomic E-state index is 11.6. The third-order valence-corrected chi connectivity index (χ3v) is 8.13. The average Bonchev–Trinajstić information content (AvgIpc) is 2.38. The van der Waals surface area contributed by atoms with Gasteiger partial charge in [0.2, 0.25) is 0 Å². The first-order chi connectivity index (χ1) is 6.94. The Balaban J connectivity index is 2.45. The molecule has 1 heterocycles. The van der Waals surface area contributed by atoms with Gasteiger partial charge in [-0.15, -0.1) is 0 Å². The van der Waals surface area contributed by atoms with Crippen LogP contribution < -0.4 is 0 Å². The summed E-state index contributed by atoms with van der Waals surface area (Å²) in [5, 5.41) is 0. The third kappa shape index (κ3) is 2.15. The Kier molecular flexibility index (Phi) is 2.99. The summed E-state index contributed by atoms with van der Waals surface area (Å²) in [4.78, 5) is -0.0719. The first-order valence-corrected chi connectivity index (χ1v) is 8.06. The highest BCUT2D eigenvalue weighted by atomic mass is 79.9. The number of rotatable bonds is 1. The quantitative estimate of drug-likeness (QED) is 0.727. The molecule has 15 heavy (non-hydrogen) atoms. The third-order valence-electron chi connectivity index (χ3n) is 2.58. The lowest BCUT2D eigenvalue weighted by atomic mass is 9.98. The van der Waals surface area contributed by atoms with Crippen molar-refractivity contribution in [3.8, 4) is 0 Å². The Morgan fingerprint density at radius 2 is 1.87 bits per heavy atom. The normalized spacial score (nSPS) is 34.1. The first kappa shape index (κ1) is 11.6. The molecule has 2 unspecified atom stereocenters. The molecule has 0 N–H and O–H groups in total. The fourth-order valence-corrected chi connectivity index (χ4v) is 7.20. The Labute approximate surface area is 106 Å². The Bertz CT molecular complexity index is 458. The molecule has 1 saturated heterocycles. The van der Waals surface area contributed by atoms with E-state index < -0.39 is 14.2 Å². The van der Waals surface area contributed by atoms with Crippen LogP contribution in [-0.4, -0.2) is 24.8 Å². The molecule has 0 radical (unpaired) electrons. The predicted molar refractivity (Wildman–Crippen MR) is 68.4 cm³/mol. The zero-order valence-electron chi connectivity index (χ0n) is 7.86. The van der Waals surface area contributed by atoms with Crippen molar-refractivity contribution >= 4 is 41.7 Å². The van der Waals surface area contributed by atoms with Gasteiger partial charge < -0.3 is 0 Å². The fraction of sp³-hybridized carbons (Fsp3) is 0.400. The van der Waals surface area contributed by atoms with E-state index in [0.29, 0.717) is 0 Å². The van der Waals surface area contributed by atoms with Crippen LogP contribution in [0.1, 0.15) is 5.56 Å². The van der Waals surface area contributed by atoms with Gasteiger partial charge in [0.15, 0.2) is 9.84 Å². The van der Waals surface area contributed by atoms with Crippen LogP contribution in [0, 0.1) is 0 Å². The molecule has 5 heteroatoms. The van der Waals surface area contributed by atoms with Crippen LogP contribution in [0.4, 0.5) is 0 Å². The fourth-order valence-electron chi connectivity index (χ4n) is 1.80. The van der Waals surface area contributed by atoms with Gasteiger partial charge in [0.05, 0.1) is 15.8 Å². The summed E-state index contributed by atoms with van der Waals surface area (Å²) in [6, 6.07) is 9.66. The van der Waals surface area contributed by atoms with Crippen LogP contribution in [0.25, 0.3) is 0 Å². The number of hydrogen-bond acceptors (Lipinski definition) is 2. The average molecular weight is 354 g/mol. The van der Waals surface area contributed by atoms with Crippen LogP contribution in [0.2, 0.25) is 0 Å². The van der Waals surface area contributed by atoms with Gasteiger partial charge in [-0.1, -0.05) is 62.2 Å². The van der Waals surface area contributed by atoms with Crippen molar-refractivity contribution in [2.75, 3.05) is 11.5 Å². The van der Waals surface area contributed by atoms with Gasteiger partial charge in [0, 0.05) is 4.83 Å². The molecule has 0 bridgehead atoms. The van der Waals surface area contributed by atoms with Crippen molar-refractivity contribution < 1.29 is 8.42 Å². The number of sulfone groups is 1. The van der Waals surface area contributed by atoms with E-state index in [0.717, 1.165) is 5.56 Å². The van der Waals surface area contributed by atoms with Gasteiger partial charge in [0.1, 0.15) is 0 Å². The molecule has 2 nitrogen and oxygen atoms in total. The predicted octanol–water partition coefficient (Wildman–Crippen LogP) is 2.47. The minimum absolute atomic E-state index is 0.0719. The molecule has 0 amide bonds. The number of halogens is 2. The van der Waals surface area contributed by atoms with Gasteiger partial charge in [-0.2, -0.15) is 0 Å². The molecule has 1 aromatic rings. The SMILES string of the molecule is O=S1(=O)CC(Br)C(Br)(c2ccccc2)C1. The maximum Gasteiger partial charge on any atom is 0.153 e. The largest absolute Gasteiger partial charge is 0.229 e. The van der Waals surface area contributed by atoms with E-state index in [9.17, 15) is 8.42 Å². The van der Waals surface area contributed by atoms with Crippen molar-refractivity contribution in [2.45, 2.75) is 9.15 Å². The minimum atomic E-state index is -2.95. The van der Waals surface area contributed by atoms with Crippen LogP contribution in [0.3, 0.4) is 0 Å². The monoisotopic (exact) mass is 352 g/mol. The Hall–Kier alpha value is 0.130. The van der Waals surface area contributed by atoms with E-state index in [1.807, 2.05) is 30.3 Å². The molecule has 2 atom stereocenters. The zero-order valence-corrected chi connectivity index (χ0v) is 11.8. The zero-order chi connectivity index (χ0) is 11.1. The molecule has 0 saturated carbocycles. The van der Waals surface area contributed by atoms with Gasteiger partial charge in [-0.3, -0.25) is 0 Å². The second-order valence-corrected chi connectivity index (χ2v) is 8.38. The molecule has 0 aromatic heterocycles. The number of benzene rings is 1. The minimum Gasteiger partial charge on any atom is -0.229 e. The van der Waals surface area contributed by atoms with Crippen LogP contribution in [-0.2, 0) is 14.2 Å². The molecule has 0 spiro atoms. The van der Waals surface area contributed by atoms with Gasteiger partial charge in [-0.05, 0) is 5.56 Å². The standard InChI is InChI=1S/C10H10Br2O2S/c11-9-6-15(13,14)7-10(9,12)8-4-2-1-3-5-8/h1-5,9H,6-7H2. The summed E-state index contributed by atoms with van der Waals surface area (Å²) in [6.45, 7) is 0. The van der Waals surface area contributed by atoms with Crippen LogP contribution >= 0.6 is 31.9 Å². The number of hydrogen-bond donors (Lipinski definition) is 0. The summed E-state index contributed by atoms with van der Waals surface area (Å²) in [5.74, 6) is 0.340. The summed E-state index contributed by atoms with van der Waals surface area (Å²) in [7, 11) is -2.95. The lowest BCUT2D eigenvalue weighted by molar-refractivity contribution is 0.601. The lowest BCUT2D eigenvalue weighted by Crippen LogP contribution is -2.27. The molecule has 1 fully saturated rings. The van der Waals surface area contributed by atoms with E-state index >= 15 is 0 Å². The van der Waals surface area contributed by atoms with E-state index in [4.69, 9.17) is 0 Å². The van der Waals surface area contributed by atoms with Crippen molar-refractivity contribution in [1.29, 1.82) is 0 Å². The molecule has 82 valence electrons. The van der Waals surface area contributed by atoms with Gasteiger partial charge in [-0.25, -0.2) is 8.42 Å². The summed E-state index contributed by atoms with van der Waals surface area (Å²) in [6.07, 6.45) is 0. The molecule has 1 aromatic carbocycles. The second-order valence-electron chi connectivity index (χ2n) is 3.75. The highest BCUT2D eigenvalue weighted by Gasteiger charge is 2.48. The molecular weight excluding hydrogens is 344 g/mol. The van der Waals surface area contributed by atoms with Crippen molar-refractivity contribution in [3.05, 3.63) is 35.9 Å². The van der Waals surface area contributed by atoms with Crippen LogP contribution in [0.5, 0.6) is 0 Å². The summed E-state index contributed by atoms with van der Waals surface area (Å²) < 4.78 is 22.7. The Morgan fingerprint density at radius 1 is 1.27 bits per heavy atom. The second kappa shape index (κ2) is 3.86. The van der Waals surface area contributed by atoms with Crippen molar-refractivity contribution in [3.63, 3.8) is 0 Å². The highest BCUT2D eigenvalue weighted by Crippen LogP contribution is 2.45. The molecule has 1 aliphatic rings. The van der Waals surface area contributed by atoms with E-state index in [-0.39, 0.29) is 16.3 Å². The van der Waals surface area contributed by atoms with Gasteiger partial charge in [0.25, 0.3) is 0 Å². The Morgan fingerprint density at radius 3 is 2.33 bits per heavy atom. The summed E-state index contributed by atoms with van der Waals surface area (Å²) in [5.41, 5.74) is 1.01. The topological polar surface area (TPSA) is 34.1 Å². The smallest absolute Gasteiger partial charge is 0.153 e. The lowest BCUT2D eigenvalue weighted by Gasteiger charge is -2.24. The molecule has 0 aliphatic carbocycles. The van der Waals surface area contributed by atoms with Crippen LogP contribution in [0.15, 0.2) is 30.3 Å². The van der Waals surface area contributed by atoms with Gasteiger partial charge >= 0.3 is 0 Å². The van der Waals surface area contributed by atoms with E-state index in [1.165, 1.54) is 0 Å². The first-order valence-electron chi connectivity index (χ1n) is 4.53. The summed E-state index contributed by atoms with van der Waals surface area (Å²) >= 11 is 7.02. The van der Waals surface area contributed by atoms with Crippen molar-refractivity contribution in [2.24, 2.45) is 0 Å². The van der Waals surface area contributed by atoms with Crippen molar-refractivity contribution in [1.82, 2.24) is 0 Å². The molecule has 1 aliphatic heterocycles. The molecule has 2 rings (SSSR count). The maximum absolute atomic E-state index is 11.6. The molecular formula is C10H10Br2O2S. The van der Waals surface area contributed by atoms with E-state index in [2.05, 4.69) is 31.9 Å². The number of alkyl halides is 2. The highest BCUT2D eigenvalue weighted by molar-refractivity contribution is 9.12. The van der Waals surface area contributed by atoms with E-state index in [1.54, 1.807) is 0 Å².